The number of sulfonamides is 1. The van der Waals surface area contributed by atoms with Crippen LogP contribution in [0, 0.1) is 0 Å². The molecular weight excluding hydrogens is 432 g/mol. The smallest absolute Gasteiger partial charge is 0.324 e. The Balaban J connectivity index is 1.63. The maximum absolute atomic E-state index is 13.0. The van der Waals surface area contributed by atoms with Gasteiger partial charge >= 0.3 is 5.97 Å². The summed E-state index contributed by atoms with van der Waals surface area (Å²) in [6.07, 6.45) is 1.90. The van der Waals surface area contributed by atoms with Crippen molar-refractivity contribution >= 4 is 31.7 Å². The van der Waals surface area contributed by atoms with Crippen molar-refractivity contribution in [3.63, 3.8) is 0 Å². The highest BCUT2D eigenvalue weighted by molar-refractivity contribution is 7.91. The second-order valence-corrected chi connectivity index (χ2v) is 12.1. The molecule has 11 heteroatoms. The Kier molecular flexibility index (Phi) is 6.54. The van der Waals surface area contributed by atoms with E-state index in [-0.39, 0.29) is 22.9 Å². The second kappa shape index (κ2) is 8.64. The van der Waals surface area contributed by atoms with E-state index in [1.807, 2.05) is 0 Å². The van der Waals surface area contributed by atoms with Gasteiger partial charge in [0.1, 0.15) is 6.04 Å². The maximum Gasteiger partial charge on any atom is 0.324 e. The van der Waals surface area contributed by atoms with Crippen LogP contribution in [0.25, 0.3) is 0 Å². The van der Waals surface area contributed by atoms with Crippen LogP contribution in [0.2, 0.25) is 0 Å². The fraction of sp³-hybridized carbons (Fsp3) is 0.579. The number of hydrogen-bond donors (Lipinski definition) is 1. The van der Waals surface area contributed by atoms with Gasteiger partial charge in [0.2, 0.25) is 10.0 Å². The average Bonchev–Trinajstić information content (AvgIpc) is 2.99. The minimum atomic E-state index is -3.87. The third-order valence-corrected chi connectivity index (χ3v) is 9.19. The zero-order valence-electron chi connectivity index (χ0n) is 16.7. The zero-order valence-corrected chi connectivity index (χ0v) is 18.4. The molecule has 2 heterocycles. The Labute approximate surface area is 176 Å². The number of sulfone groups is 1. The van der Waals surface area contributed by atoms with Crippen molar-refractivity contribution in [3.8, 4) is 0 Å². The van der Waals surface area contributed by atoms with Crippen LogP contribution in [0.5, 0.6) is 0 Å². The van der Waals surface area contributed by atoms with Crippen LogP contribution < -0.4 is 5.32 Å². The number of ether oxygens (including phenoxy) is 1. The molecular formula is C19H26N2O7S2. The van der Waals surface area contributed by atoms with Crippen molar-refractivity contribution in [2.75, 3.05) is 24.7 Å². The van der Waals surface area contributed by atoms with Gasteiger partial charge in [-0.05, 0) is 44.7 Å². The molecule has 2 aliphatic heterocycles. The Morgan fingerprint density at radius 3 is 2.57 bits per heavy atom. The number of rotatable bonds is 6. The van der Waals surface area contributed by atoms with Gasteiger partial charge in [0.15, 0.2) is 16.4 Å². The molecule has 2 atom stereocenters. The number of amides is 1. The second-order valence-electron chi connectivity index (χ2n) is 8.00. The standard InChI is InChI=1S/C19H26N2O7S2/c1-19(10-12-29(24,25)14-19)20-17(22)13-28-18(23)16-9-5-6-11-21(16)30(26,27)15-7-3-2-4-8-15/h2-4,7-8,16H,5-6,9-14H2,1H3,(H,20,22)/t16-,19-/m1/s1. The molecule has 2 fully saturated rings. The molecule has 0 aromatic heterocycles. The topological polar surface area (TPSA) is 127 Å². The first-order valence-electron chi connectivity index (χ1n) is 9.77. The predicted octanol–water partition coefficient (Wildman–Crippen LogP) is 0.466. The van der Waals surface area contributed by atoms with Gasteiger partial charge in [0.25, 0.3) is 5.91 Å². The van der Waals surface area contributed by atoms with Crippen LogP contribution in [-0.4, -0.2) is 69.3 Å². The van der Waals surface area contributed by atoms with E-state index in [0.29, 0.717) is 25.7 Å². The number of piperidine rings is 1. The van der Waals surface area contributed by atoms with Crippen molar-refractivity contribution in [2.24, 2.45) is 0 Å². The van der Waals surface area contributed by atoms with Gasteiger partial charge in [-0.1, -0.05) is 18.2 Å². The monoisotopic (exact) mass is 458 g/mol. The fourth-order valence-corrected chi connectivity index (χ4v) is 7.63. The lowest BCUT2D eigenvalue weighted by molar-refractivity contribution is -0.153. The third-order valence-electron chi connectivity index (χ3n) is 5.37. The van der Waals surface area contributed by atoms with Gasteiger partial charge in [0, 0.05) is 6.54 Å². The molecule has 0 spiro atoms. The van der Waals surface area contributed by atoms with Crippen LogP contribution in [0.1, 0.15) is 32.6 Å². The minimum absolute atomic E-state index is 0.00204. The van der Waals surface area contributed by atoms with Crippen molar-refractivity contribution in [1.29, 1.82) is 0 Å². The van der Waals surface area contributed by atoms with Gasteiger partial charge in [-0.25, -0.2) is 16.8 Å². The van der Waals surface area contributed by atoms with E-state index in [9.17, 15) is 26.4 Å². The van der Waals surface area contributed by atoms with Crippen LogP contribution in [-0.2, 0) is 34.2 Å². The van der Waals surface area contributed by atoms with Gasteiger partial charge in [-0.3, -0.25) is 9.59 Å². The number of esters is 1. The number of nitrogens with zero attached hydrogens (tertiary/aromatic N) is 1. The number of carbonyl (C=O) groups is 2. The van der Waals surface area contributed by atoms with Crippen molar-refractivity contribution in [2.45, 2.75) is 49.1 Å². The van der Waals surface area contributed by atoms with Crippen molar-refractivity contribution < 1.29 is 31.2 Å². The number of nitrogens with one attached hydrogen (secondary N) is 1. The molecule has 2 aliphatic rings. The Morgan fingerprint density at radius 1 is 1.23 bits per heavy atom. The fourth-order valence-electron chi connectivity index (χ4n) is 3.87. The van der Waals surface area contributed by atoms with E-state index >= 15 is 0 Å². The van der Waals surface area contributed by atoms with Gasteiger partial charge in [-0.15, -0.1) is 0 Å². The Bertz CT molecular complexity index is 1010. The highest BCUT2D eigenvalue weighted by atomic mass is 32.2. The maximum atomic E-state index is 13.0. The minimum Gasteiger partial charge on any atom is -0.454 e. The molecule has 166 valence electrons. The molecule has 9 nitrogen and oxygen atoms in total. The van der Waals surface area contributed by atoms with E-state index in [1.54, 1.807) is 25.1 Å². The summed E-state index contributed by atoms with van der Waals surface area (Å²) in [5.41, 5.74) is -0.893. The summed E-state index contributed by atoms with van der Waals surface area (Å²) in [4.78, 5) is 24.9. The first-order valence-corrected chi connectivity index (χ1v) is 13.0. The summed E-state index contributed by atoms with van der Waals surface area (Å²) in [6.45, 7) is 1.23. The van der Waals surface area contributed by atoms with Gasteiger partial charge in [-0.2, -0.15) is 4.31 Å². The molecule has 0 radical (unpaired) electrons. The molecule has 3 rings (SSSR count). The lowest BCUT2D eigenvalue weighted by Crippen LogP contribution is -2.50. The quantitative estimate of drug-likeness (QED) is 0.614. The van der Waals surface area contributed by atoms with E-state index in [4.69, 9.17) is 4.74 Å². The molecule has 0 bridgehead atoms. The Morgan fingerprint density at radius 2 is 1.93 bits per heavy atom. The first kappa shape index (κ1) is 22.7. The molecule has 1 aromatic carbocycles. The Hall–Kier alpha value is -1.98. The van der Waals surface area contributed by atoms with E-state index in [1.165, 1.54) is 12.1 Å². The molecule has 2 saturated heterocycles. The highest BCUT2D eigenvalue weighted by Crippen LogP contribution is 2.26. The van der Waals surface area contributed by atoms with Crippen LogP contribution in [0.3, 0.4) is 0 Å². The summed E-state index contributed by atoms with van der Waals surface area (Å²) in [5.74, 6) is -1.56. The normalized spacial score (nSPS) is 26.8. The number of benzene rings is 1. The van der Waals surface area contributed by atoms with E-state index in [2.05, 4.69) is 5.32 Å². The molecule has 1 aromatic rings. The lowest BCUT2D eigenvalue weighted by Gasteiger charge is -2.33. The third kappa shape index (κ3) is 5.19. The average molecular weight is 459 g/mol. The van der Waals surface area contributed by atoms with Crippen LogP contribution in [0.15, 0.2) is 35.2 Å². The summed E-state index contributed by atoms with van der Waals surface area (Å²) in [6, 6.07) is 6.86. The van der Waals surface area contributed by atoms with E-state index < -0.39 is 49.9 Å². The number of carbonyl (C=O) groups excluding carboxylic acids is 2. The van der Waals surface area contributed by atoms with Gasteiger partial charge in [0.05, 0.1) is 21.9 Å². The van der Waals surface area contributed by atoms with E-state index in [0.717, 1.165) is 4.31 Å². The molecule has 0 unspecified atom stereocenters. The SMILES string of the molecule is C[C@@]1(NC(=O)COC(=O)[C@H]2CCCCN2S(=O)(=O)c2ccccc2)CCS(=O)(=O)C1. The molecule has 30 heavy (non-hydrogen) atoms. The predicted molar refractivity (Wildman–Crippen MR) is 109 cm³/mol. The summed E-state index contributed by atoms with van der Waals surface area (Å²) < 4.78 is 55.4. The first-order chi connectivity index (χ1) is 14.0. The summed E-state index contributed by atoms with van der Waals surface area (Å²) in [7, 11) is -7.06. The van der Waals surface area contributed by atoms with Crippen molar-refractivity contribution in [1.82, 2.24) is 9.62 Å². The number of hydrogen-bond acceptors (Lipinski definition) is 7. The molecule has 0 saturated carbocycles. The lowest BCUT2D eigenvalue weighted by atomic mass is 10.0. The largest absolute Gasteiger partial charge is 0.454 e. The zero-order chi connectivity index (χ0) is 22.0. The summed E-state index contributed by atoms with van der Waals surface area (Å²) >= 11 is 0. The molecule has 1 amide bonds. The van der Waals surface area contributed by atoms with Crippen molar-refractivity contribution in [3.05, 3.63) is 30.3 Å². The van der Waals surface area contributed by atoms with Crippen LogP contribution in [0.4, 0.5) is 0 Å². The highest BCUT2D eigenvalue weighted by Gasteiger charge is 2.41. The van der Waals surface area contributed by atoms with Crippen LogP contribution >= 0.6 is 0 Å². The summed E-state index contributed by atoms with van der Waals surface area (Å²) in [5, 5.41) is 2.61. The molecule has 1 N–H and O–H groups in total. The van der Waals surface area contributed by atoms with Gasteiger partial charge < -0.3 is 10.1 Å². The molecule has 0 aliphatic carbocycles.